The van der Waals surface area contributed by atoms with Crippen molar-refractivity contribution in [3.05, 3.63) is 115 Å². The number of hydrogen-bond donors (Lipinski definition) is 0. The van der Waals surface area contributed by atoms with Crippen molar-refractivity contribution < 1.29 is 23.7 Å². The fourth-order valence-electron chi connectivity index (χ4n) is 4.81. The van der Waals surface area contributed by atoms with Crippen LogP contribution in [0.15, 0.2) is 88.2 Å². The van der Waals surface area contributed by atoms with Crippen LogP contribution in [-0.4, -0.2) is 38.0 Å². The second-order valence-corrected chi connectivity index (χ2v) is 10.0. The number of ether oxygens (including phenoxy) is 4. The number of benzene rings is 3. The van der Waals surface area contributed by atoms with E-state index in [9.17, 15) is 9.59 Å². The molecule has 0 fully saturated rings. The zero-order valence-corrected chi connectivity index (χ0v) is 24.1. The molecule has 0 saturated heterocycles. The largest absolute Gasteiger partial charge is 0.497 e. The van der Waals surface area contributed by atoms with Crippen LogP contribution >= 0.6 is 11.3 Å². The maximum absolute atomic E-state index is 14.2. The van der Waals surface area contributed by atoms with E-state index in [4.69, 9.17) is 23.9 Å². The monoisotopic (exact) mass is 570 g/mol. The normalized spacial score (nSPS) is 14.7. The molecule has 3 aromatic carbocycles. The lowest BCUT2D eigenvalue weighted by molar-refractivity contribution is -0.138. The van der Waals surface area contributed by atoms with Gasteiger partial charge in [-0.25, -0.2) is 9.79 Å². The molecule has 9 heteroatoms. The third kappa shape index (κ3) is 5.40. The first-order valence-electron chi connectivity index (χ1n) is 13.2. The standard InChI is InChI=1S/C32H30N2O6S/c1-5-39-29-22(15-11-17-24(29)38-4)19-25-30(35)34-28(21-14-10-16-23(18-21)37-3)26(31(36)40-6-2)27(33-32(34)41-25)20-12-8-7-9-13-20/h7-19,28H,5-6H2,1-4H3/b25-19+/t28-/m0/s1. The molecule has 210 valence electrons. The summed E-state index contributed by atoms with van der Waals surface area (Å²) in [6.45, 7) is 4.25. The molecule has 1 aliphatic rings. The van der Waals surface area contributed by atoms with Crippen LogP contribution in [0, 0.1) is 0 Å². The molecule has 0 aliphatic carbocycles. The summed E-state index contributed by atoms with van der Waals surface area (Å²) in [6.07, 6.45) is 1.77. The highest BCUT2D eigenvalue weighted by Gasteiger charge is 2.35. The van der Waals surface area contributed by atoms with Crippen molar-refractivity contribution >= 4 is 29.1 Å². The Labute approximate surface area is 241 Å². The van der Waals surface area contributed by atoms with Crippen molar-refractivity contribution in [1.29, 1.82) is 0 Å². The predicted molar refractivity (Wildman–Crippen MR) is 158 cm³/mol. The minimum Gasteiger partial charge on any atom is -0.497 e. The Bertz CT molecular complexity index is 1790. The Balaban J connectivity index is 1.83. The Morgan fingerprint density at radius 2 is 1.76 bits per heavy atom. The fourth-order valence-corrected chi connectivity index (χ4v) is 5.81. The summed E-state index contributed by atoms with van der Waals surface area (Å²) >= 11 is 1.25. The van der Waals surface area contributed by atoms with E-state index in [2.05, 4.69) is 0 Å². The number of fused-ring (bicyclic) bond motifs is 1. The zero-order valence-electron chi connectivity index (χ0n) is 23.2. The number of rotatable bonds is 9. The van der Waals surface area contributed by atoms with Gasteiger partial charge < -0.3 is 18.9 Å². The molecule has 5 rings (SSSR count). The Kier molecular flexibility index (Phi) is 8.35. The lowest BCUT2D eigenvalue weighted by Gasteiger charge is -2.26. The van der Waals surface area contributed by atoms with Gasteiger partial charge in [-0.1, -0.05) is 65.9 Å². The molecule has 0 N–H and O–H groups in total. The second-order valence-electron chi connectivity index (χ2n) is 9.02. The van der Waals surface area contributed by atoms with E-state index in [1.807, 2.05) is 79.7 Å². The molecule has 0 unspecified atom stereocenters. The van der Waals surface area contributed by atoms with Gasteiger partial charge in [-0.15, -0.1) is 0 Å². The number of carbonyl (C=O) groups is 1. The topological polar surface area (TPSA) is 88.4 Å². The Morgan fingerprint density at radius 3 is 2.46 bits per heavy atom. The third-order valence-corrected chi connectivity index (χ3v) is 7.57. The van der Waals surface area contributed by atoms with Gasteiger partial charge in [0.25, 0.3) is 5.56 Å². The molecule has 4 aromatic rings. The number of nitrogens with zero attached hydrogens (tertiary/aromatic N) is 2. The van der Waals surface area contributed by atoms with Crippen LogP contribution in [0.4, 0.5) is 0 Å². The summed E-state index contributed by atoms with van der Waals surface area (Å²) in [6, 6.07) is 21.5. The number of hydrogen-bond acceptors (Lipinski definition) is 8. The van der Waals surface area contributed by atoms with E-state index in [0.717, 1.165) is 5.56 Å². The average molecular weight is 571 g/mol. The van der Waals surface area contributed by atoms with Gasteiger partial charge in [0.15, 0.2) is 16.3 Å². The Morgan fingerprint density at radius 1 is 0.976 bits per heavy atom. The van der Waals surface area contributed by atoms with Gasteiger partial charge >= 0.3 is 5.97 Å². The summed E-state index contributed by atoms with van der Waals surface area (Å²) in [4.78, 5) is 33.1. The zero-order chi connectivity index (χ0) is 28.9. The van der Waals surface area contributed by atoms with Gasteiger partial charge in [0.2, 0.25) is 0 Å². The van der Waals surface area contributed by atoms with E-state index in [0.29, 0.717) is 50.0 Å². The van der Waals surface area contributed by atoms with Gasteiger partial charge in [-0.3, -0.25) is 9.36 Å². The van der Waals surface area contributed by atoms with E-state index in [1.54, 1.807) is 31.8 Å². The molecular weight excluding hydrogens is 540 g/mol. The minimum atomic E-state index is -0.797. The van der Waals surface area contributed by atoms with Gasteiger partial charge in [-0.2, -0.15) is 0 Å². The number of thiazole rings is 1. The summed E-state index contributed by atoms with van der Waals surface area (Å²) in [5.41, 5.74) is 2.58. The molecule has 1 atom stereocenters. The molecule has 0 radical (unpaired) electrons. The first-order valence-corrected chi connectivity index (χ1v) is 14.0. The molecule has 1 aromatic heterocycles. The minimum absolute atomic E-state index is 0.176. The van der Waals surface area contributed by atoms with Crippen LogP contribution in [-0.2, 0) is 9.53 Å². The van der Waals surface area contributed by atoms with Crippen LogP contribution in [0.1, 0.15) is 36.6 Å². The van der Waals surface area contributed by atoms with Crippen molar-refractivity contribution in [2.45, 2.75) is 19.9 Å². The predicted octanol–water partition coefficient (Wildman–Crippen LogP) is 4.35. The van der Waals surface area contributed by atoms with Crippen LogP contribution < -0.4 is 29.1 Å². The second kappa shape index (κ2) is 12.3. The summed E-state index contributed by atoms with van der Waals surface area (Å²) < 4.78 is 24.4. The maximum Gasteiger partial charge on any atom is 0.338 e. The maximum atomic E-state index is 14.2. The van der Waals surface area contributed by atoms with Crippen molar-refractivity contribution in [2.75, 3.05) is 27.4 Å². The Hall–Kier alpha value is -4.63. The SMILES string of the molecule is CCOC(=O)C1=C(c2ccccc2)N=c2s/c(=C/c3cccc(OC)c3OCC)c(=O)n2[C@H]1c1cccc(OC)c1. The lowest BCUT2D eigenvalue weighted by atomic mass is 9.93. The highest BCUT2D eigenvalue weighted by Crippen LogP contribution is 2.36. The molecule has 8 nitrogen and oxygen atoms in total. The summed E-state index contributed by atoms with van der Waals surface area (Å²) in [5, 5.41) is 0. The van der Waals surface area contributed by atoms with Crippen molar-refractivity contribution in [3.63, 3.8) is 0 Å². The highest BCUT2D eigenvalue weighted by molar-refractivity contribution is 7.07. The van der Waals surface area contributed by atoms with Crippen LogP contribution in [0.5, 0.6) is 17.2 Å². The number of aromatic nitrogens is 1. The summed E-state index contributed by atoms with van der Waals surface area (Å²) in [5.74, 6) is 1.18. The molecule has 0 amide bonds. The van der Waals surface area contributed by atoms with Gasteiger partial charge in [0.05, 0.1) is 49.3 Å². The van der Waals surface area contributed by atoms with Crippen molar-refractivity contribution in [3.8, 4) is 17.2 Å². The van der Waals surface area contributed by atoms with Crippen molar-refractivity contribution in [1.82, 2.24) is 4.57 Å². The first-order chi connectivity index (χ1) is 20.0. The average Bonchev–Trinajstić information content (AvgIpc) is 3.31. The fraction of sp³-hybridized carbons (Fsp3) is 0.219. The first kappa shape index (κ1) is 27.9. The third-order valence-electron chi connectivity index (χ3n) is 6.59. The van der Waals surface area contributed by atoms with E-state index in [-0.39, 0.29) is 17.7 Å². The number of methoxy groups -OCH3 is 2. The molecule has 1 aliphatic heterocycles. The smallest absolute Gasteiger partial charge is 0.338 e. The van der Waals surface area contributed by atoms with Crippen molar-refractivity contribution in [2.24, 2.45) is 4.99 Å². The van der Waals surface area contributed by atoms with Crippen LogP contribution in [0.3, 0.4) is 0 Å². The summed E-state index contributed by atoms with van der Waals surface area (Å²) in [7, 11) is 3.15. The van der Waals surface area contributed by atoms with E-state index < -0.39 is 12.0 Å². The number of carbonyl (C=O) groups excluding carboxylic acids is 1. The van der Waals surface area contributed by atoms with Crippen LogP contribution in [0.2, 0.25) is 0 Å². The van der Waals surface area contributed by atoms with E-state index >= 15 is 0 Å². The van der Waals surface area contributed by atoms with E-state index in [1.165, 1.54) is 11.3 Å². The molecule has 0 saturated carbocycles. The molecular formula is C32H30N2O6S. The van der Waals surface area contributed by atoms with Gasteiger partial charge in [0.1, 0.15) is 5.75 Å². The molecule has 0 bridgehead atoms. The number of esters is 1. The molecule has 41 heavy (non-hydrogen) atoms. The highest BCUT2D eigenvalue weighted by atomic mass is 32.1. The van der Waals surface area contributed by atoms with Gasteiger partial charge in [0, 0.05) is 11.1 Å². The lowest BCUT2D eigenvalue weighted by Crippen LogP contribution is -2.40. The van der Waals surface area contributed by atoms with Gasteiger partial charge in [-0.05, 0) is 43.7 Å². The molecule has 2 heterocycles. The quantitative estimate of drug-likeness (QED) is 0.278. The number of para-hydroxylation sites is 1. The molecule has 0 spiro atoms. The van der Waals surface area contributed by atoms with Crippen LogP contribution in [0.25, 0.3) is 11.8 Å².